The Kier molecular flexibility index (Phi) is 5.23. The number of rotatable bonds is 5. The second-order valence-corrected chi connectivity index (χ2v) is 6.12. The van der Waals surface area contributed by atoms with Crippen LogP contribution in [0.25, 0.3) is 0 Å². The lowest BCUT2D eigenvalue weighted by Crippen LogP contribution is -2.19. The molecule has 0 fully saturated rings. The smallest absolute Gasteiger partial charge is 0.312 e. The molecule has 0 bridgehead atoms. The van der Waals surface area contributed by atoms with Gasteiger partial charge in [0.15, 0.2) is 0 Å². The summed E-state index contributed by atoms with van der Waals surface area (Å²) in [5.41, 5.74) is 1.98. The molecule has 1 amide bonds. The largest absolute Gasteiger partial charge is 0.502 e. The first-order chi connectivity index (χ1) is 10.5. The fourth-order valence-electron chi connectivity index (χ4n) is 1.63. The SMILES string of the molecule is O=C(Cc1cccs1)N/N=C\c1cc(Br)cc([N+](=O)[O-])c1O. The maximum absolute atomic E-state index is 11.6. The van der Waals surface area contributed by atoms with Crippen molar-refractivity contribution in [2.45, 2.75) is 6.42 Å². The molecule has 0 aliphatic carbocycles. The van der Waals surface area contributed by atoms with Crippen LogP contribution in [0.1, 0.15) is 10.4 Å². The van der Waals surface area contributed by atoms with Crippen molar-refractivity contribution in [2.24, 2.45) is 5.10 Å². The van der Waals surface area contributed by atoms with E-state index >= 15 is 0 Å². The van der Waals surface area contributed by atoms with E-state index in [2.05, 4.69) is 26.5 Å². The summed E-state index contributed by atoms with van der Waals surface area (Å²) in [5, 5.41) is 26.2. The third kappa shape index (κ3) is 4.12. The van der Waals surface area contributed by atoms with Gasteiger partial charge in [-0.2, -0.15) is 5.10 Å². The van der Waals surface area contributed by atoms with Crippen molar-refractivity contribution in [3.8, 4) is 5.75 Å². The standard InChI is InChI=1S/C13H10BrN3O4S/c14-9-4-8(13(19)11(5-9)17(20)21)7-15-16-12(18)6-10-2-1-3-22-10/h1-5,7,19H,6H2,(H,16,18)/b15-7-. The number of nitrogens with one attached hydrogen (secondary N) is 1. The molecule has 22 heavy (non-hydrogen) atoms. The average molecular weight is 384 g/mol. The predicted molar refractivity (Wildman–Crippen MR) is 86.2 cm³/mol. The highest BCUT2D eigenvalue weighted by Crippen LogP contribution is 2.32. The fourth-order valence-corrected chi connectivity index (χ4v) is 2.79. The van der Waals surface area contributed by atoms with Crippen molar-refractivity contribution in [2.75, 3.05) is 0 Å². The molecule has 1 heterocycles. The minimum Gasteiger partial charge on any atom is -0.502 e. The Morgan fingerprint density at radius 2 is 2.32 bits per heavy atom. The maximum atomic E-state index is 11.6. The van der Waals surface area contributed by atoms with Crippen LogP contribution >= 0.6 is 27.3 Å². The van der Waals surface area contributed by atoms with E-state index in [1.54, 1.807) is 0 Å². The molecule has 1 aromatic carbocycles. The summed E-state index contributed by atoms with van der Waals surface area (Å²) in [6.45, 7) is 0. The number of hydrazone groups is 1. The molecule has 2 rings (SSSR count). The zero-order chi connectivity index (χ0) is 16.1. The summed E-state index contributed by atoms with van der Waals surface area (Å²) in [6, 6.07) is 6.31. The molecule has 0 unspecified atom stereocenters. The zero-order valence-corrected chi connectivity index (χ0v) is 13.4. The van der Waals surface area contributed by atoms with Crippen LogP contribution < -0.4 is 5.43 Å². The van der Waals surface area contributed by atoms with E-state index < -0.39 is 16.4 Å². The van der Waals surface area contributed by atoms with E-state index in [0.29, 0.717) is 4.47 Å². The highest BCUT2D eigenvalue weighted by atomic mass is 79.9. The highest BCUT2D eigenvalue weighted by Gasteiger charge is 2.17. The Labute approximate surface area is 137 Å². The molecule has 0 saturated heterocycles. The van der Waals surface area contributed by atoms with Gasteiger partial charge in [0.05, 0.1) is 17.6 Å². The first kappa shape index (κ1) is 16.1. The normalized spacial score (nSPS) is 10.8. The van der Waals surface area contributed by atoms with E-state index in [1.165, 1.54) is 23.5 Å². The van der Waals surface area contributed by atoms with Crippen molar-refractivity contribution < 1.29 is 14.8 Å². The first-order valence-corrected chi connectivity index (χ1v) is 7.66. The molecule has 2 aromatic rings. The number of hydrogen-bond donors (Lipinski definition) is 2. The molecule has 0 radical (unpaired) electrons. The lowest BCUT2D eigenvalue weighted by Gasteiger charge is -2.02. The molecule has 7 nitrogen and oxygen atoms in total. The summed E-state index contributed by atoms with van der Waals surface area (Å²) >= 11 is 4.57. The number of nitrogens with zero attached hydrogens (tertiary/aromatic N) is 2. The molecule has 1 aromatic heterocycles. The molecule has 0 spiro atoms. The van der Waals surface area contributed by atoms with Gasteiger partial charge in [0.1, 0.15) is 0 Å². The number of thiophene rings is 1. The van der Waals surface area contributed by atoms with Crippen molar-refractivity contribution in [3.05, 3.63) is 54.7 Å². The zero-order valence-electron chi connectivity index (χ0n) is 11.0. The number of benzene rings is 1. The van der Waals surface area contributed by atoms with Gasteiger partial charge in [-0.15, -0.1) is 11.3 Å². The number of phenolic OH excluding ortho intramolecular Hbond substituents is 1. The van der Waals surface area contributed by atoms with Gasteiger partial charge in [-0.25, -0.2) is 5.43 Å². The Bertz CT molecular complexity index is 731. The number of carbonyl (C=O) groups excluding carboxylic acids is 1. The number of carbonyl (C=O) groups is 1. The van der Waals surface area contributed by atoms with Gasteiger partial charge in [-0.3, -0.25) is 14.9 Å². The molecule has 114 valence electrons. The molecular formula is C13H10BrN3O4S. The first-order valence-electron chi connectivity index (χ1n) is 5.98. The van der Waals surface area contributed by atoms with E-state index in [-0.39, 0.29) is 17.9 Å². The van der Waals surface area contributed by atoms with E-state index in [1.807, 2.05) is 17.5 Å². The van der Waals surface area contributed by atoms with Gasteiger partial charge in [0.2, 0.25) is 11.7 Å². The topological polar surface area (TPSA) is 105 Å². The van der Waals surface area contributed by atoms with Crippen LogP contribution in [0.3, 0.4) is 0 Å². The number of nitro groups is 1. The van der Waals surface area contributed by atoms with Crippen molar-refractivity contribution in [3.63, 3.8) is 0 Å². The van der Waals surface area contributed by atoms with Crippen molar-refractivity contribution in [1.82, 2.24) is 5.43 Å². The predicted octanol–water partition coefficient (Wildman–Crippen LogP) is 2.82. The Balaban J connectivity index is 2.07. The van der Waals surface area contributed by atoms with Crippen LogP contribution in [0, 0.1) is 10.1 Å². The molecule has 2 N–H and O–H groups in total. The van der Waals surface area contributed by atoms with Crippen LogP contribution in [-0.4, -0.2) is 22.2 Å². The fraction of sp³-hybridized carbons (Fsp3) is 0.0769. The Morgan fingerprint density at radius 1 is 1.55 bits per heavy atom. The number of hydrogen-bond acceptors (Lipinski definition) is 6. The molecule has 0 saturated carbocycles. The van der Waals surface area contributed by atoms with Gasteiger partial charge in [0, 0.05) is 21.0 Å². The molecule has 0 atom stereocenters. The Hall–Kier alpha value is -2.26. The second-order valence-electron chi connectivity index (χ2n) is 4.17. The summed E-state index contributed by atoms with van der Waals surface area (Å²) < 4.78 is 0.420. The summed E-state index contributed by atoms with van der Waals surface area (Å²) in [5.74, 6) is -0.827. The van der Waals surface area contributed by atoms with Gasteiger partial charge in [-0.1, -0.05) is 22.0 Å². The van der Waals surface area contributed by atoms with Gasteiger partial charge >= 0.3 is 5.69 Å². The summed E-state index contributed by atoms with van der Waals surface area (Å²) in [6.07, 6.45) is 1.35. The summed E-state index contributed by atoms with van der Waals surface area (Å²) in [7, 11) is 0. The number of nitro benzene ring substituents is 1. The number of phenols is 1. The highest BCUT2D eigenvalue weighted by molar-refractivity contribution is 9.10. The number of halogens is 1. The quantitative estimate of drug-likeness (QED) is 0.470. The van der Waals surface area contributed by atoms with Gasteiger partial charge in [0.25, 0.3) is 0 Å². The number of aromatic hydroxyl groups is 1. The van der Waals surface area contributed by atoms with Gasteiger partial charge in [-0.05, 0) is 17.5 Å². The third-order valence-corrected chi connectivity index (χ3v) is 3.92. The Morgan fingerprint density at radius 3 is 2.95 bits per heavy atom. The third-order valence-electron chi connectivity index (χ3n) is 2.59. The monoisotopic (exact) mass is 383 g/mol. The van der Waals surface area contributed by atoms with Crippen LogP contribution in [0.2, 0.25) is 0 Å². The lowest BCUT2D eigenvalue weighted by molar-refractivity contribution is -0.385. The van der Waals surface area contributed by atoms with Gasteiger partial charge < -0.3 is 5.11 Å². The van der Waals surface area contributed by atoms with Crippen molar-refractivity contribution >= 4 is 45.1 Å². The van der Waals surface area contributed by atoms with Crippen molar-refractivity contribution in [1.29, 1.82) is 0 Å². The van der Waals surface area contributed by atoms with Crippen LogP contribution in [0.4, 0.5) is 5.69 Å². The van der Waals surface area contributed by atoms with Crippen LogP contribution in [0.15, 0.2) is 39.2 Å². The van der Waals surface area contributed by atoms with E-state index in [0.717, 1.165) is 11.1 Å². The van der Waals surface area contributed by atoms with E-state index in [9.17, 15) is 20.0 Å². The average Bonchev–Trinajstić information content (AvgIpc) is 2.94. The number of amides is 1. The minimum absolute atomic E-state index is 0.123. The second kappa shape index (κ2) is 7.14. The molecule has 0 aliphatic rings. The molecular weight excluding hydrogens is 374 g/mol. The van der Waals surface area contributed by atoms with Crippen LogP contribution in [-0.2, 0) is 11.2 Å². The molecule has 9 heteroatoms. The van der Waals surface area contributed by atoms with Crippen LogP contribution in [0.5, 0.6) is 5.75 Å². The molecule has 0 aliphatic heterocycles. The maximum Gasteiger partial charge on any atom is 0.312 e. The van der Waals surface area contributed by atoms with E-state index in [4.69, 9.17) is 0 Å². The minimum atomic E-state index is -0.702. The lowest BCUT2D eigenvalue weighted by atomic mass is 10.2. The summed E-state index contributed by atoms with van der Waals surface area (Å²) in [4.78, 5) is 22.6.